The van der Waals surface area contributed by atoms with Crippen LogP contribution >= 0.6 is 0 Å². The Hall–Kier alpha value is -3.81. The van der Waals surface area contributed by atoms with Crippen LogP contribution in [0.5, 0.6) is 5.75 Å². The van der Waals surface area contributed by atoms with E-state index < -0.39 is 35.6 Å². The molecule has 8 heteroatoms. The Morgan fingerprint density at radius 3 is 2.32 bits per heavy atom. The molecule has 3 amide bonds. The third-order valence-corrected chi connectivity index (χ3v) is 5.71. The molecule has 2 aromatic rings. The molecule has 3 N–H and O–H groups in total. The average molecular weight is 524 g/mol. The molecule has 206 valence electrons. The van der Waals surface area contributed by atoms with Crippen molar-refractivity contribution in [2.45, 2.75) is 72.2 Å². The van der Waals surface area contributed by atoms with Crippen LogP contribution in [-0.4, -0.2) is 46.1 Å². The van der Waals surface area contributed by atoms with Crippen LogP contribution in [0, 0.1) is 12.8 Å². The number of aryl methyl sites for hydroxylation is 1. The topological polar surface area (TPSA) is 108 Å². The number of hydrogen-bond donors (Lipinski definition) is 3. The number of carbonyl (C=O) groups excluding carboxylic acids is 3. The van der Waals surface area contributed by atoms with Gasteiger partial charge in [-0.3, -0.25) is 9.59 Å². The first kappa shape index (κ1) is 30.4. The number of alkyl carbamates (subject to hydrolysis) is 1. The average Bonchev–Trinajstić information content (AvgIpc) is 2.83. The quantitative estimate of drug-likeness (QED) is 0.359. The summed E-state index contributed by atoms with van der Waals surface area (Å²) < 4.78 is 5.40. The fraction of sp³-hybridized carbons (Fsp3) is 0.433. The zero-order chi connectivity index (χ0) is 28.5. The first-order chi connectivity index (χ1) is 17.8. The second-order valence-electron chi connectivity index (χ2n) is 10.8. The Bertz CT molecular complexity index is 1110. The summed E-state index contributed by atoms with van der Waals surface area (Å²) in [6.07, 6.45) is 1.18. The maximum atomic E-state index is 14.0. The normalized spacial score (nSPS) is 12.8. The largest absolute Gasteiger partial charge is 0.508 e. The van der Waals surface area contributed by atoms with Gasteiger partial charge in [-0.1, -0.05) is 56.3 Å². The third-order valence-electron chi connectivity index (χ3n) is 5.71. The lowest BCUT2D eigenvalue weighted by molar-refractivity contribution is -0.142. The molecule has 0 fully saturated rings. The van der Waals surface area contributed by atoms with Crippen molar-refractivity contribution < 1.29 is 24.2 Å². The van der Waals surface area contributed by atoms with Crippen LogP contribution in [0.4, 0.5) is 4.79 Å². The molecule has 0 saturated heterocycles. The van der Waals surface area contributed by atoms with Crippen molar-refractivity contribution in [3.8, 4) is 5.75 Å². The second-order valence-corrected chi connectivity index (χ2v) is 10.8. The highest BCUT2D eigenvalue weighted by molar-refractivity contribution is 5.92. The molecule has 0 radical (unpaired) electrons. The predicted octanol–water partition coefficient (Wildman–Crippen LogP) is 5.01. The van der Waals surface area contributed by atoms with E-state index >= 15 is 0 Å². The van der Waals surface area contributed by atoms with Crippen LogP contribution < -0.4 is 10.6 Å². The number of nitrogens with one attached hydrogen (secondary N) is 2. The van der Waals surface area contributed by atoms with Gasteiger partial charge in [0.05, 0.1) is 0 Å². The lowest BCUT2D eigenvalue weighted by atomic mass is 9.98. The summed E-state index contributed by atoms with van der Waals surface area (Å²) in [5.41, 5.74) is 1.27. The Labute approximate surface area is 226 Å². The molecule has 0 saturated carbocycles. The first-order valence-electron chi connectivity index (χ1n) is 12.8. The molecule has 0 bridgehead atoms. The van der Waals surface area contributed by atoms with Gasteiger partial charge < -0.3 is 25.4 Å². The summed E-state index contributed by atoms with van der Waals surface area (Å²) in [7, 11) is 0. The molecule has 2 rings (SSSR count). The van der Waals surface area contributed by atoms with Crippen molar-refractivity contribution in [3.63, 3.8) is 0 Å². The van der Waals surface area contributed by atoms with Gasteiger partial charge in [-0.2, -0.15) is 0 Å². The van der Waals surface area contributed by atoms with Gasteiger partial charge in [0.25, 0.3) is 0 Å². The van der Waals surface area contributed by atoms with Crippen LogP contribution in [0.25, 0.3) is 0 Å². The number of carbonyl (C=O) groups is 3. The van der Waals surface area contributed by atoms with Gasteiger partial charge in [-0.05, 0) is 68.9 Å². The number of hydrogen-bond acceptors (Lipinski definition) is 5. The fourth-order valence-corrected chi connectivity index (χ4v) is 4.01. The van der Waals surface area contributed by atoms with E-state index in [9.17, 15) is 19.5 Å². The Kier molecular flexibility index (Phi) is 10.9. The molecule has 0 spiro atoms. The summed E-state index contributed by atoms with van der Waals surface area (Å²) in [6, 6.07) is 12.3. The van der Waals surface area contributed by atoms with Gasteiger partial charge in [-0.25, -0.2) is 4.79 Å². The van der Waals surface area contributed by atoms with Crippen LogP contribution in [0.1, 0.15) is 63.8 Å². The summed E-state index contributed by atoms with van der Waals surface area (Å²) >= 11 is 0. The highest BCUT2D eigenvalue weighted by atomic mass is 16.6. The number of ether oxygens (including phenoxy) is 1. The maximum absolute atomic E-state index is 14.0. The van der Waals surface area contributed by atoms with Crippen molar-refractivity contribution >= 4 is 17.9 Å². The number of amides is 3. The van der Waals surface area contributed by atoms with E-state index in [-0.39, 0.29) is 24.8 Å². The second kappa shape index (κ2) is 13.7. The molecular weight excluding hydrogens is 482 g/mol. The van der Waals surface area contributed by atoms with Crippen molar-refractivity contribution in [1.29, 1.82) is 0 Å². The van der Waals surface area contributed by atoms with Crippen LogP contribution in [0.2, 0.25) is 0 Å². The predicted molar refractivity (Wildman–Crippen MR) is 148 cm³/mol. The molecule has 0 aliphatic heterocycles. The molecule has 0 aliphatic carbocycles. The lowest BCUT2D eigenvalue weighted by Crippen LogP contribution is -2.53. The zero-order valence-corrected chi connectivity index (χ0v) is 23.3. The zero-order valence-electron chi connectivity index (χ0n) is 23.3. The smallest absolute Gasteiger partial charge is 0.408 e. The molecule has 2 aromatic carbocycles. The third kappa shape index (κ3) is 9.25. The van der Waals surface area contributed by atoms with Gasteiger partial charge in [0.1, 0.15) is 23.4 Å². The van der Waals surface area contributed by atoms with E-state index in [1.54, 1.807) is 45.9 Å². The summed E-state index contributed by atoms with van der Waals surface area (Å²) in [5, 5.41) is 15.7. The van der Waals surface area contributed by atoms with Gasteiger partial charge in [0.2, 0.25) is 11.8 Å². The Morgan fingerprint density at radius 1 is 1.11 bits per heavy atom. The van der Waals surface area contributed by atoms with Crippen molar-refractivity contribution in [1.82, 2.24) is 15.5 Å². The van der Waals surface area contributed by atoms with Gasteiger partial charge in [-0.15, -0.1) is 6.58 Å². The molecule has 8 nitrogen and oxygen atoms in total. The summed E-state index contributed by atoms with van der Waals surface area (Å²) in [6.45, 7) is 15.0. The van der Waals surface area contributed by atoms with E-state index in [0.29, 0.717) is 17.5 Å². The van der Waals surface area contributed by atoms with Crippen molar-refractivity contribution in [2.24, 2.45) is 5.92 Å². The number of nitrogens with zero attached hydrogens (tertiary/aromatic N) is 1. The number of aromatic hydroxyl groups is 1. The van der Waals surface area contributed by atoms with E-state index in [4.69, 9.17) is 4.74 Å². The first-order valence-corrected chi connectivity index (χ1v) is 12.8. The lowest BCUT2D eigenvalue weighted by Gasteiger charge is -2.34. The minimum atomic E-state index is -1.03. The molecule has 2 unspecified atom stereocenters. The minimum absolute atomic E-state index is 0.0623. The van der Waals surface area contributed by atoms with Crippen molar-refractivity contribution in [3.05, 3.63) is 77.9 Å². The number of benzene rings is 2. The van der Waals surface area contributed by atoms with E-state index in [2.05, 4.69) is 17.2 Å². The number of phenolic OH excluding ortho intramolecular Hbond substituents is 1. The summed E-state index contributed by atoms with van der Waals surface area (Å²) in [4.78, 5) is 41.7. The Morgan fingerprint density at radius 2 is 1.76 bits per heavy atom. The van der Waals surface area contributed by atoms with Crippen molar-refractivity contribution in [2.75, 3.05) is 6.54 Å². The molecule has 0 heterocycles. The molecule has 0 aliphatic rings. The monoisotopic (exact) mass is 523 g/mol. The summed E-state index contributed by atoms with van der Waals surface area (Å²) in [5.74, 6) is -0.668. The number of rotatable bonds is 11. The van der Waals surface area contributed by atoms with E-state index in [0.717, 1.165) is 5.56 Å². The standard InChI is InChI=1S/C30H41N3O5/c1-8-16-33(28(36)24(17-20(2)3)32-29(37)38-30(5,6)7)26(23-14-15-25(34)21(4)18-23)27(35)31-19-22-12-10-9-11-13-22/h8-15,18,20,24,26,34H,1,16-17,19H2,2-7H3,(H,31,35)(H,32,37). The van der Waals surface area contributed by atoms with Gasteiger partial charge in [0.15, 0.2) is 0 Å². The SMILES string of the molecule is C=CCN(C(=O)C(CC(C)C)NC(=O)OC(C)(C)C)C(C(=O)NCc1ccccc1)c1ccc(O)c(C)c1. The highest BCUT2D eigenvalue weighted by Crippen LogP contribution is 2.28. The van der Waals surface area contributed by atoms with Crippen LogP contribution in [-0.2, 0) is 20.9 Å². The molecule has 2 atom stereocenters. The van der Waals surface area contributed by atoms with E-state index in [1.165, 1.54) is 11.0 Å². The van der Waals surface area contributed by atoms with Gasteiger partial charge in [0, 0.05) is 13.1 Å². The molecular formula is C30H41N3O5. The minimum Gasteiger partial charge on any atom is -0.508 e. The number of phenols is 1. The fourth-order valence-electron chi connectivity index (χ4n) is 4.01. The Balaban J connectivity index is 2.47. The van der Waals surface area contributed by atoms with E-state index in [1.807, 2.05) is 44.2 Å². The van der Waals surface area contributed by atoms with Crippen LogP contribution in [0.3, 0.4) is 0 Å². The maximum Gasteiger partial charge on any atom is 0.408 e. The van der Waals surface area contributed by atoms with Gasteiger partial charge >= 0.3 is 6.09 Å². The van der Waals surface area contributed by atoms with Crippen LogP contribution in [0.15, 0.2) is 61.2 Å². The molecule has 38 heavy (non-hydrogen) atoms. The molecule has 0 aromatic heterocycles. The highest BCUT2D eigenvalue weighted by Gasteiger charge is 2.36.